The van der Waals surface area contributed by atoms with E-state index in [2.05, 4.69) is 4.72 Å². The third-order valence-corrected chi connectivity index (χ3v) is 7.26. The van der Waals surface area contributed by atoms with Crippen molar-refractivity contribution in [2.45, 2.75) is 69.2 Å². The van der Waals surface area contributed by atoms with Crippen LogP contribution in [0.25, 0.3) is 10.4 Å². The maximum atomic E-state index is 13.0. The number of aromatic nitrogens is 1. The van der Waals surface area contributed by atoms with E-state index in [4.69, 9.17) is 9.72 Å². The highest BCUT2D eigenvalue weighted by Gasteiger charge is 2.22. The molecule has 1 aromatic carbocycles. The van der Waals surface area contributed by atoms with Gasteiger partial charge in [-0.3, -0.25) is 0 Å². The molecule has 2 aromatic rings. The van der Waals surface area contributed by atoms with Gasteiger partial charge < -0.3 is 4.74 Å². The minimum Gasteiger partial charge on any atom is -0.497 e. The van der Waals surface area contributed by atoms with Crippen LogP contribution in [-0.2, 0) is 11.0 Å². The van der Waals surface area contributed by atoms with Crippen LogP contribution in [0.2, 0.25) is 0 Å². The number of methoxy groups -OCH3 is 1. The monoisotopic (exact) mass is 392 g/mol. The van der Waals surface area contributed by atoms with Gasteiger partial charge in [-0.1, -0.05) is 19.3 Å². The molecule has 0 spiro atoms. The van der Waals surface area contributed by atoms with Gasteiger partial charge in [-0.2, -0.15) is 0 Å². The molecule has 6 heteroatoms. The number of hydrogen-bond acceptors (Lipinski definition) is 4. The van der Waals surface area contributed by atoms with Crippen molar-refractivity contribution in [3.8, 4) is 16.2 Å². The number of ether oxygens (including phenoxy) is 1. The Morgan fingerprint density at radius 2 is 1.96 bits per heavy atom. The van der Waals surface area contributed by atoms with Gasteiger partial charge in [-0.15, -0.1) is 11.3 Å². The van der Waals surface area contributed by atoms with Gasteiger partial charge in [0.25, 0.3) is 0 Å². The van der Waals surface area contributed by atoms with Crippen molar-refractivity contribution in [1.82, 2.24) is 9.71 Å². The summed E-state index contributed by atoms with van der Waals surface area (Å²) >= 11 is 1.74. The molecule has 1 atom stereocenters. The smallest absolute Gasteiger partial charge is 0.126 e. The second-order valence-corrected chi connectivity index (χ2v) is 10.1. The molecule has 142 valence electrons. The van der Waals surface area contributed by atoms with Crippen molar-refractivity contribution in [2.75, 3.05) is 7.11 Å². The van der Waals surface area contributed by atoms with Gasteiger partial charge in [-0.05, 0) is 51.8 Å². The Bertz CT molecular complexity index is 774. The van der Waals surface area contributed by atoms with Crippen LogP contribution >= 0.6 is 11.3 Å². The Hall–Kier alpha value is -1.24. The number of nitrogens with zero attached hydrogens (tertiary/aromatic N) is 1. The lowest BCUT2D eigenvalue weighted by molar-refractivity contribution is 0.413. The van der Waals surface area contributed by atoms with Crippen LogP contribution in [0.3, 0.4) is 0 Å². The fraction of sp³-hybridized carbons (Fsp3) is 0.550. The molecule has 0 amide bonds. The Morgan fingerprint density at radius 1 is 1.23 bits per heavy atom. The van der Waals surface area contributed by atoms with E-state index < -0.39 is 11.0 Å². The molecule has 3 rings (SSSR count). The Kier molecular flexibility index (Phi) is 6.15. The van der Waals surface area contributed by atoms with Gasteiger partial charge in [0.1, 0.15) is 16.7 Å². The van der Waals surface area contributed by atoms with Crippen molar-refractivity contribution in [1.29, 1.82) is 0 Å². The zero-order valence-electron chi connectivity index (χ0n) is 16.0. The zero-order chi connectivity index (χ0) is 18.7. The van der Waals surface area contributed by atoms with E-state index in [0.717, 1.165) is 15.3 Å². The summed E-state index contributed by atoms with van der Waals surface area (Å²) in [7, 11) is 0.308. The minimum atomic E-state index is -1.32. The first kappa shape index (κ1) is 19.5. The number of benzene rings is 1. The minimum absolute atomic E-state index is 0.244. The summed E-state index contributed by atoms with van der Waals surface area (Å²) in [4.78, 5) is 6.53. The van der Waals surface area contributed by atoms with Crippen LogP contribution in [-0.4, -0.2) is 21.8 Å². The van der Waals surface area contributed by atoms with Gasteiger partial charge in [0.15, 0.2) is 0 Å². The average molecular weight is 393 g/mol. The second kappa shape index (κ2) is 8.19. The molecule has 0 bridgehead atoms. The SMILES string of the molecule is COc1ccc(-c2cnc(C3CCCCC3)s2)c(S(=O)NC(C)(C)C)c1. The van der Waals surface area contributed by atoms with Crippen molar-refractivity contribution >= 4 is 22.3 Å². The molecule has 0 saturated heterocycles. The third-order valence-electron chi connectivity index (χ3n) is 4.53. The number of nitrogens with one attached hydrogen (secondary N) is 1. The largest absolute Gasteiger partial charge is 0.497 e. The number of thiazole rings is 1. The standard InChI is InChI=1S/C20H28N2O2S2/c1-20(2,3)22-26(23)18-12-15(24-4)10-11-16(18)17-13-21-19(25-17)14-8-6-5-7-9-14/h10-14,22H,5-9H2,1-4H3. The topological polar surface area (TPSA) is 51.2 Å². The molecule has 1 aliphatic carbocycles. The summed E-state index contributed by atoms with van der Waals surface area (Å²) in [6.07, 6.45) is 8.35. The van der Waals surface area contributed by atoms with E-state index in [1.807, 2.05) is 45.2 Å². The lowest BCUT2D eigenvalue weighted by Crippen LogP contribution is -2.37. The van der Waals surface area contributed by atoms with Gasteiger partial charge in [0, 0.05) is 23.2 Å². The van der Waals surface area contributed by atoms with Crippen LogP contribution in [0.1, 0.15) is 63.8 Å². The first-order valence-electron chi connectivity index (χ1n) is 9.21. The molecule has 1 aliphatic rings. The molecule has 1 unspecified atom stereocenters. The summed E-state index contributed by atoms with van der Waals surface area (Å²) in [6.45, 7) is 6.04. The van der Waals surface area contributed by atoms with Gasteiger partial charge >= 0.3 is 0 Å². The highest BCUT2D eigenvalue weighted by atomic mass is 32.2. The highest BCUT2D eigenvalue weighted by molar-refractivity contribution is 7.83. The summed E-state index contributed by atoms with van der Waals surface area (Å²) in [5, 5.41) is 1.22. The third kappa shape index (κ3) is 4.72. The molecule has 1 heterocycles. The normalized spacial score (nSPS) is 17.2. The Labute approximate surface area is 163 Å². The van der Waals surface area contributed by atoms with Crippen molar-refractivity contribution in [3.05, 3.63) is 29.4 Å². The van der Waals surface area contributed by atoms with Crippen LogP contribution in [0.15, 0.2) is 29.3 Å². The molecular formula is C20H28N2O2S2. The lowest BCUT2D eigenvalue weighted by atomic mass is 9.90. The summed E-state index contributed by atoms with van der Waals surface area (Å²) in [6, 6.07) is 5.78. The predicted molar refractivity (Wildman–Crippen MR) is 109 cm³/mol. The zero-order valence-corrected chi connectivity index (χ0v) is 17.6. The maximum Gasteiger partial charge on any atom is 0.126 e. The van der Waals surface area contributed by atoms with Gasteiger partial charge in [-0.25, -0.2) is 13.9 Å². The molecule has 4 nitrogen and oxygen atoms in total. The molecule has 1 N–H and O–H groups in total. The lowest BCUT2D eigenvalue weighted by Gasteiger charge is -2.21. The van der Waals surface area contributed by atoms with Gasteiger partial charge in [0.05, 0.1) is 21.9 Å². The number of rotatable bonds is 5. The summed E-state index contributed by atoms with van der Waals surface area (Å²) in [5.74, 6) is 1.30. The van der Waals surface area contributed by atoms with E-state index in [9.17, 15) is 4.21 Å². The molecule has 1 fully saturated rings. The van der Waals surface area contributed by atoms with Crippen LogP contribution in [0.4, 0.5) is 0 Å². The first-order chi connectivity index (χ1) is 12.4. The van der Waals surface area contributed by atoms with Crippen LogP contribution in [0, 0.1) is 0 Å². The predicted octanol–water partition coefficient (Wildman–Crippen LogP) is 5.28. The average Bonchev–Trinajstić information content (AvgIpc) is 3.10. The molecule has 0 aliphatic heterocycles. The molecule has 0 radical (unpaired) electrons. The van der Waals surface area contributed by atoms with Crippen molar-refractivity contribution in [2.24, 2.45) is 0 Å². The maximum absolute atomic E-state index is 13.0. The molecule has 26 heavy (non-hydrogen) atoms. The van der Waals surface area contributed by atoms with Crippen LogP contribution < -0.4 is 9.46 Å². The Morgan fingerprint density at radius 3 is 2.62 bits per heavy atom. The van der Waals surface area contributed by atoms with Crippen LogP contribution in [0.5, 0.6) is 5.75 Å². The molecular weight excluding hydrogens is 364 g/mol. The highest BCUT2D eigenvalue weighted by Crippen LogP contribution is 2.39. The second-order valence-electron chi connectivity index (χ2n) is 7.88. The summed E-state index contributed by atoms with van der Waals surface area (Å²) in [5.41, 5.74) is 0.729. The van der Waals surface area contributed by atoms with E-state index in [1.54, 1.807) is 18.4 Å². The number of hydrogen-bond donors (Lipinski definition) is 1. The van der Waals surface area contributed by atoms with Gasteiger partial charge in [0.2, 0.25) is 0 Å². The van der Waals surface area contributed by atoms with E-state index in [-0.39, 0.29) is 5.54 Å². The quantitative estimate of drug-likeness (QED) is 0.753. The molecule has 1 aromatic heterocycles. The van der Waals surface area contributed by atoms with Crippen molar-refractivity contribution in [3.63, 3.8) is 0 Å². The fourth-order valence-corrected chi connectivity index (χ4v) is 5.73. The summed E-state index contributed by atoms with van der Waals surface area (Å²) < 4.78 is 21.5. The van der Waals surface area contributed by atoms with E-state index in [0.29, 0.717) is 11.7 Å². The Balaban J connectivity index is 1.94. The molecule has 1 saturated carbocycles. The van der Waals surface area contributed by atoms with Crippen molar-refractivity contribution < 1.29 is 8.95 Å². The van der Waals surface area contributed by atoms with E-state index >= 15 is 0 Å². The van der Waals surface area contributed by atoms with E-state index in [1.165, 1.54) is 37.1 Å². The first-order valence-corrected chi connectivity index (χ1v) is 11.2. The fourth-order valence-electron chi connectivity index (χ4n) is 3.27.